The number of hydrogen-bond acceptors (Lipinski definition) is 5. The van der Waals surface area contributed by atoms with E-state index in [2.05, 4.69) is 34.1 Å². The van der Waals surface area contributed by atoms with E-state index in [9.17, 15) is 27.4 Å². The number of hydrogen-bond donors (Lipinski definition) is 2. The van der Waals surface area contributed by atoms with Crippen LogP contribution in [0.15, 0.2) is 65.4 Å². The second-order valence-corrected chi connectivity index (χ2v) is 10.5. The molecule has 0 radical (unpaired) electrons. The van der Waals surface area contributed by atoms with Gasteiger partial charge in [-0.05, 0) is 78.1 Å². The number of allylic oxidation sites excluding steroid dienone is 4. The molecule has 5 nitrogen and oxygen atoms in total. The van der Waals surface area contributed by atoms with Gasteiger partial charge in [0.2, 0.25) is 0 Å². The molecule has 5 unspecified atom stereocenters. The molecule has 2 aromatic rings. The lowest BCUT2D eigenvalue weighted by Gasteiger charge is -2.26. The number of ether oxygens (including phenoxy) is 1. The molecular formula is C31H35F5N4O. The summed E-state index contributed by atoms with van der Waals surface area (Å²) in [6, 6.07) is 6.55. The Bertz CT molecular complexity index is 1300. The zero-order valence-corrected chi connectivity index (χ0v) is 23.3. The number of fused-ring (bicyclic) bond motifs is 1. The quantitative estimate of drug-likeness (QED) is 0.236. The fraction of sp³-hybridized carbons (Fsp3) is 0.452. The van der Waals surface area contributed by atoms with Crippen molar-refractivity contribution in [3.63, 3.8) is 0 Å². The summed E-state index contributed by atoms with van der Waals surface area (Å²) in [5, 5.41) is 11.7. The molecule has 0 saturated carbocycles. The number of aliphatic imine (C=N–C) groups is 1. The molecular weight excluding hydrogens is 539 g/mol. The van der Waals surface area contributed by atoms with Gasteiger partial charge in [0.15, 0.2) is 0 Å². The lowest BCUT2D eigenvalue weighted by Crippen LogP contribution is -2.41. The van der Waals surface area contributed by atoms with Crippen molar-refractivity contribution in [3.05, 3.63) is 82.8 Å². The highest BCUT2D eigenvalue weighted by Gasteiger charge is 2.38. The highest BCUT2D eigenvalue weighted by atomic mass is 19.4. The van der Waals surface area contributed by atoms with Gasteiger partial charge >= 0.3 is 12.8 Å². The van der Waals surface area contributed by atoms with Gasteiger partial charge in [0.25, 0.3) is 0 Å². The van der Waals surface area contributed by atoms with E-state index in [1.807, 2.05) is 13.0 Å². The van der Waals surface area contributed by atoms with Crippen LogP contribution >= 0.6 is 0 Å². The molecule has 2 N–H and O–H groups in total. The molecule has 1 aromatic carbocycles. The largest absolute Gasteiger partial charge is 0.435 e. The Morgan fingerprint density at radius 2 is 1.93 bits per heavy atom. The first kappa shape index (κ1) is 30.6. The van der Waals surface area contributed by atoms with E-state index >= 15 is 0 Å². The molecule has 1 aromatic heterocycles. The Kier molecular flexibility index (Phi) is 9.73. The molecule has 0 fully saturated rings. The fourth-order valence-corrected chi connectivity index (χ4v) is 5.56. The van der Waals surface area contributed by atoms with Gasteiger partial charge < -0.3 is 15.5 Å². The van der Waals surface area contributed by atoms with E-state index in [-0.39, 0.29) is 36.5 Å². The molecule has 220 valence electrons. The van der Waals surface area contributed by atoms with Crippen molar-refractivity contribution in [1.29, 1.82) is 5.41 Å². The van der Waals surface area contributed by atoms with Crippen LogP contribution in [0.25, 0.3) is 0 Å². The van der Waals surface area contributed by atoms with Crippen LogP contribution in [-0.4, -0.2) is 35.7 Å². The molecule has 4 rings (SSSR count). The van der Waals surface area contributed by atoms with Crippen molar-refractivity contribution in [2.24, 2.45) is 16.8 Å². The van der Waals surface area contributed by atoms with Gasteiger partial charge in [0.1, 0.15) is 11.8 Å². The maximum absolute atomic E-state index is 13.1. The predicted octanol–water partition coefficient (Wildman–Crippen LogP) is 7.94. The third-order valence-corrected chi connectivity index (χ3v) is 7.94. The molecule has 0 amide bonds. The van der Waals surface area contributed by atoms with Gasteiger partial charge in [-0.1, -0.05) is 39.0 Å². The number of benzene rings is 1. The molecule has 2 heterocycles. The number of rotatable bonds is 9. The van der Waals surface area contributed by atoms with Crippen molar-refractivity contribution >= 4 is 11.9 Å². The summed E-state index contributed by atoms with van der Waals surface area (Å²) >= 11 is 0. The van der Waals surface area contributed by atoms with Crippen molar-refractivity contribution in [1.82, 2.24) is 10.3 Å². The van der Waals surface area contributed by atoms with Crippen LogP contribution in [0.4, 0.5) is 22.0 Å². The van der Waals surface area contributed by atoms with E-state index < -0.39 is 24.7 Å². The van der Waals surface area contributed by atoms with Crippen LogP contribution in [0.5, 0.6) is 5.75 Å². The second kappa shape index (κ2) is 13.1. The molecule has 0 saturated heterocycles. The zero-order valence-electron chi connectivity index (χ0n) is 23.3. The Morgan fingerprint density at radius 3 is 2.56 bits per heavy atom. The third-order valence-electron chi connectivity index (χ3n) is 7.94. The average molecular weight is 575 g/mol. The van der Waals surface area contributed by atoms with Crippen LogP contribution in [0.1, 0.15) is 74.3 Å². The Balaban J connectivity index is 1.70. The van der Waals surface area contributed by atoms with Gasteiger partial charge in [-0.2, -0.15) is 22.0 Å². The monoisotopic (exact) mass is 574 g/mol. The molecule has 0 spiro atoms. The number of aromatic nitrogens is 1. The van der Waals surface area contributed by atoms with Crippen molar-refractivity contribution in [2.45, 2.75) is 77.2 Å². The van der Waals surface area contributed by atoms with Crippen LogP contribution in [0.2, 0.25) is 0 Å². The first-order valence-corrected chi connectivity index (χ1v) is 13.9. The van der Waals surface area contributed by atoms with E-state index in [0.29, 0.717) is 29.0 Å². The minimum atomic E-state index is -4.33. The third kappa shape index (κ3) is 7.28. The van der Waals surface area contributed by atoms with E-state index in [4.69, 9.17) is 4.99 Å². The number of nitrogens with one attached hydrogen (secondary N) is 2. The van der Waals surface area contributed by atoms with Crippen molar-refractivity contribution in [2.75, 3.05) is 0 Å². The molecule has 41 heavy (non-hydrogen) atoms. The van der Waals surface area contributed by atoms with Crippen LogP contribution < -0.4 is 10.1 Å². The summed E-state index contributed by atoms with van der Waals surface area (Å²) in [6.07, 6.45) is 6.38. The van der Waals surface area contributed by atoms with Crippen LogP contribution in [0.3, 0.4) is 0 Å². The molecule has 1 aliphatic heterocycles. The fourth-order valence-electron chi connectivity index (χ4n) is 5.56. The maximum Gasteiger partial charge on any atom is 0.403 e. The molecule has 0 bridgehead atoms. The molecule has 10 heteroatoms. The Hall–Kier alpha value is -3.40. The van der Waals surface area contributed by atoms with Gasteiger partial charge in [0.05, 0.1) is 0 Å². The minimum absolute atomic E-state index is 0.00974. The number of halogens is 5. The lowest BCUT2D eigenvalue weighted by atomic mass is 9.80. The zero-order chi connectivity index (χ0) is 29.7. The normalized spacial score (nSPS) is 23.5. The van der Waals surface area contributed by atoms with E-state index in [1.54, 1.807) is 36.7 Å². The minimum Gasteiger partial charge on any atom is -0.435 e. The Morgan fingerprint density at radius 1 is 1.15 bits per heavy atom. The van der Waals surface area contributed by atoms with Gasteiger partial charge in [-0.3, -0.25) is 9.98 Å². The van der Waals surface area contributed by atoms with Crippen LogP contribution in [-0.2, 0) is 6.54 Å². The standard InChI is InChI=1S/C31H35F5N4O/c1-4-19-7-6-12-38-27(13-19)24-15-25(26-11-8-20(16-39-26)17-40-28(5-2)31(34,35)36)29(37)22-10-9-21(41-30(32)33)14-23(22)18(24)3/h6-14,16,18-19,24-25,28,30,37,40H,4-5,15,17H2,1-3H3. The predicted molar refractivity (Wildman–Crippen MR) is 150 cm³/mol. The van der Waals surface area contributed by atoms with Crippen LogP contribution in [0, 0.1) is 17.2 Å². The molecule has 2 aliphatic rings. The van der Waals surface area contributed by atoms with Gasteiger partial charge in [-0.25, -0.2) is 0 Å². The van der Waals surface area contributed by atoms with Crippen molar-refractivity contribution < 1.29 is 26.7 Å². The van der Waals surface area contributed by atoms with Gasteiger partial charge in [-0.15, -0.1) is 0 Å². The molecule has 1 aliphatic carbocycles. The topological polar surface area (TPSA) is 70.4 Å². The highest BCUT2D eigenvalue weighted by molar-refractivity contribution is 6.04. The maximum atomic E-state index is 13.1. The summed E-state index contributed by atoms with van der Waals surface area (Å²) in [5.41, 5.74) is 3.72. The van der Waals surface area contributed by atoms with E-state index in [0.717, 1.165) is 17.7 Å². The second-order valence-electron chi connectivity index (χ2n) is 10.5. The number of alkyl halides is 5. The number of pyridine rings is 1. The summed E-state index contributed by atoms with van der Waals surface area (Å²) < 4.78 is 70.2. The smallest absolute Gasteiger partial charge is 0.403 e. The summed E-state index contributed by atoms with van der Waals surface area (Å²) in [4.78, 5) is 9.31. The van der Waals surface area contributed by atoms with Gasteiger partial charge in [0, 0.05) is 47.9 Å². The summed E-state index contributed by atoms with van der Waals surface area (Å²) in [6.45, 7) is 2.62. The highest BCUT2D eigenvalue weighted by Crippen LogP contribution is 2.45. The summed E-state index contributed by atoms with van der Waals surface area (Å²) in [7, 11) is 0. The number of nitrogens with zero attached hydrogens (tertiary/aromatic N) is 2. The SMILES string of the molecule is CCC1C=CC=NC(C2CC(c3ccc(CNC(CC)C(F)(F)F)cn3)C(=N)c3ccc(OC(F)F)cc3C2C)=C1. The molecule has 5 atom stereocenters. The average Bonchev–Trinajstić information content (AvgIpc) is 3.23. The first-order valence-electron chi connectivity index (χ1n) is 13.9. The van der Waals surface area contributed by atoms with Crippen molar-refractivity contribution in [3.8, 4) is 5.75 Å². The first-order chi connectivity index (χ1) is 19.5. The Labute approximate surface area is 237 Å². The van der Waals surface area contributed by atoms with E-state index in [1.165, 1.54) is 13.0 Å². The lowest BCUT2D eigenvalue weighted by molar-refractivity contribution is -0.156. The summed E-state index contributed by atoms with van der Waals surface area (Å²) in [5.74, 6) is -0.566.